The van der Waals surface area contributed by atoms with Gasteiger partial charge in [0.25, 0.3) is 0 Å². The van der Waals surface area contributed by atoms with Crippen LogP contribution < -0.4 is 4.80 Å². The van der Waals surface area contributed by atoms with Gasteiger partial charge in [-0.1, -0.05) is 40.2 Å². The normalized spacial score (nSPS) is 12.2. The summed E-state index contributed by atoms with van der Waals surface area (Å²) < 4.78 is 7.94. The number of methoxy groups -OCH3 is 1. The van der Waals surface area contributed by atoms with Crippen LogP contribution in [0.3, 0.4) is 0 Å². The molecule has 2 aromatic heterocycles. The van der Waals surface area contributed by atoms with E-state index in [0.29, 0.717) is 13.2 Å². The van der Waals surface area contributed by atoms with Crippen LogP contribution >= 0.6 is 27.3 Å². The Morgan fingerprint density at radius 2 is 2.08 bits per heavy atom. The molecule has 2 heterocycles. The van der Waals surface area contributed by atoms with Crippen LogP contribution in [0.2, 0.25) is 0 Å². The van der Waals surface area contributed by atoms with E-state index in [1.807, 2.05) is 41.1 Å². The van der Waals surface area contributed by atoms with E-state index in [0.717, 1.165) is 26.2 Å². The lowest BCUT2D eigenvalue weighted by Gasteiger charge is -2.05. The maximum Gasteiger partial charge on any atom is 0.206 e. The first-order chi connectivity index (χ1) is 12.3. The van der Waals surface area contributed by atoms with Crippen molar-refractivity contribution in [2.24, 2.45) is 10.1 Å². The van der Waals surface area contributed by atoms with Gasteiger partial charge in [-0.05, 0) is 18.2 Å². The number of rotatable bonds is 6. The molecule has 0 bridgehead atoms. The summed E-state index contributed by atoms with van der Waals surface area (Å²) in [5.74, 6) is 0. The van der Waals surface area contributed by atoms with Crippen LogP contribution in [0.5, 0.6) is 0 Å². The fraction of sp³-hybridized carbons (Fsp3) is 0.167. The predicted octanol–water partition coefficient (Wildman–Crippen LogP) is 3.80. The number of benzene rings is 1. The number of hydrogen-bond donors (Lipinski definition) is 0. The van der Waals surface area contributed by atoms with E-state index in [9.17, 15) is 0 Å². The zero-order chi connectivity index (χ0) is 17.5. The predicted molar refractivity (Wildman–Crippen MR) is 105 cm³/mol. The van der Waals surface area contributed by atoms with Gasteiger partial charge in [0.1, 0.15) is 0 Å². The molecule has 1 aromatic carbocycles. The molecule has 0 spiro atoms. The first-order valence-corrected chi connectivity index (χ1v) is 9.37. The summed E-state index contributed by atoms with van der Waals surface area (Å²) in [4.78, 5) is 9.69. The van der Waals surface area contributed by atoms with Crippen LogP contribution in [0.25, 0.3) is 11.3 Å². The maximum atomic E-state index is 5.09. The maximum absolute atomic E-state index is 5.09. The van der Waals surface area contributed by atoms with Crippen molar-refractivity contribution in [2.75, 3.05) is 20.3 Å². The quantitative estimate of drug-likeness (QED) is 0.453. The number of ether oxygens (including phenoxy) is 1. The molecule has 3 aromatic rings. The van der Waals surface area contributed by atoms with Gasteiger partial charge in [0.15, 0.2) is 0 Å². The Morgan fingerprint density at radius 3 is 2.84 bits per heavy atom. The molecule has 3 rings (SSSR count). The average molecular weight is 417 g/mol. The number of thiazole rings is 1. The smallest absolute Gasteiger partial charge is 0.206 e. The van der Waals surface area contributed by atoms with Crippen molar-refractivity contribution in [3.05, 3.63) is 69.0 Å². The van der Waals surface area contributed by atoms with Gasteiger partial charge in [0, 0.05) is 28.7 Å². The van der Waals surface area contributed by atoms with Crippen LogP contribution in [-0.4, -0.2) is 36.1 Å². The van der Waals surface area contributed by atoms with E-state index in [-0.39, 0.29) is 0 Å². The lowest BCUT2D eigenvalue weighted by Crippen LogP contribution is -2.14. The first kappa shape index (κ1) is 17.7. The van der Waals surface area contributed by atoms with E-state index >= 15 is 0 Å². The summed E-state index contributed by atoms with van der Waals surface area (Å²) >= 11 is 5.16. The van der Waals surface area contributed by atoms with Crippen molar-refractivity contribution >= 4 is 33.5 Å². The fourth-order valence-electron chi connectivity index (χ4n) is 2.18. The molecular weight excluding hydrogens is 400 g/mol. The minimum absolute atomic E-state index is 0.576. The third-order valence-electron chi connectivity index (χ3n) is 3.37. The summed E-state index contributed by atoms with van der Waals surface area (Å²) in [5, 5.41) is 6.67. The van der Waals surface area contributed by atoms with Gasteiger partial charge in [0.05, 0.1) is 30.8 Å². The largest absolute Gasteiger partial charge is 0.383 e. The molecule has 0 N–H and O–H groups in total. The summed E-state index contributed by atoms with van der Waals surface area (Å²) in [7, 11) is 1.67. The molecule has 0 aliphatic heterocycles. The monoisotopic (exact) mass is 416 g/mol. The number of nitrogens with zero attached hydrogens (tertiary/aromatic N) is 4. The number of aromatic nitrogens is 2. The Morgan fingerprint density at radius 1 is 1.24 bits per heavy atom. The average Bonchev–Trinajstić information content (AvgIpc) is 3.04. The zero-order valence-electron chi connectivity index (χ0n) is 13.7. The van der Waals surface area contributed by atoms with E-state index in [1.165, 1.54) is 0 Å². The highest BCUT2D eigenvalue weighted by molar-refractivity contribution is 9.10. The van der Waals surface area contributed by atoms with Gasteiger partial charge >= 0.3 is 0 Å². The lowest BCUT2D eigenvalue weighted by atomic mass is 10.2. The van der Waals surface area contributed by atoms with Crippen LogP contribution in [0.1, 0.15) is 5.69 Å². The minimum atomic E-state index is 0.576. The van der Waals surface area contributed by atoms with Gasteiger partial charge < -0.3 is 4.74 Å². The SMILES string of the molecule is COCCN=c1scc(-c2ccccc2Br)n1/N=C/c1ccccn1. The highest BCUT2D eigenvalue weighted by Crippen LogP contribution is 2.28. The Hall–Kier alpha value is -2.09. The lowest BCUT2D eigenvalue weighted by molar-refractivity contribution is 0.207. The third kappa shape index (κ3) is 4.50. The molecule has 0 saturated carbocycles. The highest BCUT2D eigenvalue weighted by atomic mass is 79.9. The molecule has 5 nitrogen and oxygen atoms in total. The fourth-order valence-corrected chi connectivity index (χ4v) is 3.52. The summed E-state index contributed by atoms with van der Waals surface area (Å²) in [6.07, 6.45) is 3.49. The molecular formula is C18H17BrN4OS. The van der Waals surface area contributed by atoms with E-state index in [1.54, 1.807) is 30.9 Å². The Bertz CT molecular complexity index is 918. The van der Waals surface area contributed by atoms with Crippen molar-refractivity contribution in [1.29, 1.82) is 0 Å². The Kier molecular flexibility index (Phi) is 6.27. The second kappa shape index (κ2) is 8.84. The van der Waals surface area contributed by atoms with Crippen molar-refractivity contribution in [1.82, 2.24) is 9.66 Å². The molecule has 25 heavy (non-hydrogen) atoms. The number of halogens is 1. The van der Waals surface area contributed by atoms with Crippen molar-refractivity contribution in [3.8, 4) is 11.3 Å². The molecule has 0 fully saturated rings. The van der Waals surface area contributed by atoms with Crippen molar-refractivity contribution in [2.45, 2.75) is 0 Å². The first-order valence-electron chi connectivity index (χ1n) is 7.70. The topological polar surface area (TPSA) is 51.8 Å². The van der Waals surface area contributed by atoms with Crippen LogP contribution in [0, 0.1) is 0 Å². The molecule has 7 heteroatoms. The van der Waals surface area contributed by atoms with Crippen LogP contribution in [0.15, 0.2) is 68.6 Å². The molecule has 0 aliphatic carbocycles. The van der Waals surface area contributed by atoms with Crippen molar-refractivity contribution < 1.29 is 4.74 Å². The van der Waals surface area contributed by atoms with E-state index < -0.39 is 0 Å². The second-order valence-corrected chi connectivity index (χ2v) is 6.76. The highest BCUT2D eigenvalue weighted by Gasteiger charge is 2.10. The van der Waals surface area contributed by atoms with Crippen molar-refractivity contribution in [3.63, 3.8) is 0 Å². The van der Waals surface area contributed by atoms with Crippen LogP contribution in [0.4, 0.5) is 0 Å². The Labute approximate surface area is 158 Å². The Balaban J connectivity index is 2.06. The van der Waals surface area contributed by atoms with Gasteiger partial charge in [-0.15, -0.1) is 11.3 Å². The molecule has 0 atom stereocenters. The second-order valence-electron chi connectivity index (χ2n) is 5.07. The summed E-state index contributed by atoms with van der Waals surface area (Å²) in [6.45, 7) is 1.16. The standard InChI is InChI=1S/C18H17BrN4OS/c1-24-11-10-21-18-23(22-12-14-6-4-5-9-20-14)17(13-25-18)15-7-2-3-8-16(15)19/h2-9,12-13H,10-11H2,1H3/b21-18?,22-12+. The number of hydrogen-bond acceptors (Lipinski definition) is 5. The van der Waals surface area contributed by atoms with E-state index in [2.05, 4.69) is 42.5 Å². The van der Waals surface area contributed by atoms with Gasteiger partial charge in [-0.25, -0.2) is 4.68 Å². The summed E-state index contributed by atoms with van der Waals surface area (Å²) in [6, 6.07) is 13.8. The minimum Gasteiger partial charge on any atom is -0.383 e. The van der Waals surface area contributed by atoms with Gasteiger partial charge in [-0.3, -0.25) is 9.98 Å². The van der Waals surface area contributed by atoms with Gasteiger partial charge in [0.2, 0.25) is 4.80 Å². The molecule has 0 saturated heterocycles. The van der Waals surface area contributed by atoms with Crippen LogP contribution in [-0.2, 0) is 4.74 Å². The molecule has 0 aliphatic rings. The molecule has 128 valence electrons. The van der Waals surface area contributed by atoms with E-state index in [4.69, 9.17) is 4.74 Å². The molecule has 0 radical (unpaired) electrons. The molecule has 0 unspecified atom stereocenters. The number of pyridine rings is 1. The van der Waals surface area contributed by atoms with Gasteiger partial charge in [-0.2, -0.15) is 5.10 Å². The summed E-state index contributed by atoms with van der Waals surface area (Å²) in [5.41, 5.74) is 2.83. The zero-order valence-corrected chi connectivity index (χ0v) is 16.1. The molecule has 0 amide bonds. The third-order valence-corrected chi connectivity index (χ3v) is 4.92.